The standard InChI is InChI=1S/C16H20N2O3/c1-20-16(7-9-21-12-16)11-18-15(19)14-6-2-4-13(10-14)5-3-8-17/h2,4,6,10H,7-9,11-12,17H2,1H3,(H,18,19). The van der Waals surface area contributed by atoms with Gasteiger partial charge in [0.2, 0.25) is 0 Å². The maximum atomic E-state index is 12.2. The molecule has 1 amide bonds. The van der Waals surface area contributed by atoms with Crippen LogP contribution in [-0.4, -0.2) is 44.9 Å². The molecule has 0 aliphatic carbocycles. The minimum atomic E-state index is -0.410. The number of nitrogens with two attached hydrogens (primary N) is 1. The van der Waals surface area contributed by atoms with Gasteiger partial charge >= 0.3 is 0 Å². The number of hydrogen-bond donors (Lipinski definition) is 2. The number of amides is 1. The van der Waals surface area contributed by atoms with Crippen LogP contribution < -0.4 is 11.1 Å². The topological polar surface area (TPSA) is 73.6 Å². The molecule has 1 heterocycles. The molecule has 5 heteroatoms. The Morgan fingerprint density at radius 3 is 3.10 bits per heavy atom. The molecule has 0 spiro atoms. The molecule has 0 aromatic heterocycles. The van der Waals surface area contributed by atoms with Crippen LogP contribution in [0.15, 0.2) is 24.3 Å². The third-order valence-corrected chi connectivity index (χ3v) is 3.53. The summed E-state index contributed by atoms with van der Waals surface area (Å²) < 4.78 is 10.8. The van der Waals surface area contributed by atoms with Gasteiger partial charge in [-0.15, -0.1) is 0 Å². The van der Waals surface area contributed by atoms with E-state index < -0.39 is 5.60 Å². The summed E-state index contributed by atoms with van der Waals surface area (Å²) in [6, 6.07) is 7.16. The Hall–Kier alpha value is -1.87. The van der Waals surface area contributed by atoms with Crippen molar-refractivity contribution in [3.05, 3.63) is 35.4 Å². The van der Waals surface area contributed by atoms with Crippen LogP contribution in [0.2, 0.25) is 0 Å². The number of methoxy groups -OCH3 is 1. The second-order valence-electron chi connectivity index (χ2n) is 4.96. The van der Waals surface area contributed by atoms with E-state index in [0.717, 1.165) is 12.0 Å². The van der Waals surface area contributed by atoms with Crippen LogP contribution in [0.3, 0.4) is 0 Å². The second-order valence-corrected chi connectivity index (χ2v) is 4.96. The fraction of sp³-hybridized carbons (Fsp3) is 0.438. The SMILES string of the molecule is COC1(CNC(=O)c2cccc(C#CCN)c2)CCOC1. The summed E-state index contributed by atoms with van der Waals surface area (Å²) in [6.07, 6.45) is 0.784. The quantitative estimate of drug-likeness (QED) is 0.793. The van der Waals surface area contributed by atoms with Gasteiger partial charge < -0.3 is 20.5 Å². The van der Waals surface area contributed by atoms with Gasteiger partial charge in [0, 0.05) is 37.8 Å². The third kappa shape index (κ3) is 4.05. The lowest BCUT2D eigenvalue weighted by Gasteiger charge is -2.25. The summed E-state index contributed by atoms with van der Waals surface area (Å²) in [4.78, 5) is 12.2. The van der Waals surface area contributed by atoms with E-state index in [4.69, 9.17) is 15.2 Å². The molecular formula is C16H20N2O3. The molecule has 2 rings (SSSR count). The Morgan fingerprint density at radius 2 is 2.43 bits per heavy atom. The summed E-state index contributed by atoms with van der Waals surface area (Å²) >= 11 is 0. The molecule has 1 aliphatic rings. The summed E-state index contributed by atoms with van der Waals surface area (Å²) in [5.74, 6) is 5.54. The first-order valence-electron chi connectivity index (χ1n) is 6.89. The molecule has 112 valence electrons. The van der Waals surface area contributed by atoms with E-state index in [1.54, 1.807) is 25.3 Å². The van der Waals surface area contributed by atoms with Crippen molar-refractivity contribution in [2.24, 2.45) is 5.73 Å². The maximum absolute atomic E-state index is 12.2. The highest BCUT2D eigenvalue weighted by molar-refractivity contribution is 5.94. The molecule has 0 radical (unpaired) electrons. The highest BCUT2D eigenvalue weighted by atomic mass is 16.5. The fourth-order valence-corrected chi connectivity index (χ4v) is 2.20. The van der Waals surface area contributed by atoms with Crippen molar-refractivity contribution in [2.45, 2.75) is 12.0 Å². The number of rotatable bonds is 4. The van der Waals surface area contributed by atoms with E-state index in [2.05, 4.69) is 17.2 Å². The van der Waals surface area contributed by atoms with E-state index in [1.807, 2.05) is 6.07 Å². The molecule has 1 fully saturated rings. The largest absolute Gasteiger partial charge is 0.378 e. The van der Waals surface area contributed by atoms with Crippen LogP contribution in [0.5, 0.6) is 0 Å². The number of carbonyl (C=O) groups excluding carboxylic acids is 1. The lowest BCUT2D eigenvalue weighted by molar-refractivity contribution is -0.0148. The average molecular weight is 288 g/mol. The number of ether oxygens (including phenoxy) is 2. The monoisotopic (exact) mass is 288 g/mol. The van der Waals surface area contributed by atoms with E-state index in [9.17, 15) is 4.79 Å². The Morgan fingerprint density at radius 1 is 1.57 bits per heavy atom. The van der Waals surface area contributed by atoms with Crippen molar-refractivity contribution in [3.63, 3.8) is 0 Å². The van der Waals surface area contributed by atoms with Gasteiger partial charge in [-0.1, -0.05) is 17.9 Å². The molecule has 1 aromatic rings. The Bertz CT molecular complexity index is 554. The number of nitrogens with one attached hydrogen (secondary N) is 1. The van der Waals surface area contributed by atoms with Gasteiger partial charge in [-0.2, -0.15) is 0 Å². The van der Waals surface area contributed by atoms with Gasteiger partial charge in [0.1, 0.15) is 5.60 Å². The highest BCUT2D eigenvalue weighted by Gasteiger charge is 2.35. The number of carbonyl (C=O) groups is 1. The van der Waals surface area contributed by atoms with E-state index in [0.29, 0.717) is 31.9 Å². The lowest BCUT2D eigenvalue weighted by Crippen LogP contribution is -2.45. The zero-order valence-corrected chi connectivity index (χ0v) is 12.1. The van der Waals surface area contributed by atoms with Crippen molar-refractivity contribution >= 4 is 5.91 Å². The van der Waals surface area contributed by atoms with Crippen LogP contribution >= 0.6 is 0 Å². The minimum absolute atomic E-state index is 0.144. The number of benzene rings is 1. The van der Waals surface area contributed by atoms with Gasteiger partial charge in [0.15, 0.2) is 0 Å². The van der Waals surface area contributed by atoms with E-state index >= 15 is 0 Å². The fourth-order valence-electron chi connectivity index (χ4n) is 2.20. The van der Waals surface area contributed by atoms with Gasteiger partial charge in [-0.05, 0) is 18.2 Å². The van der Waals surface area contributed by atoms with Gasteiger partial charge in [-0.3, -0.25) is 4.79 Å². The molecule has 1 saturated heterocycles. The van der Waals surface area contributed by atoms with Crippen molar-refractivity contribution in [3.8, 4) is 11.8 Å². The molecule has 1 atom stereocenters. The first-order chi connectivity index (χ1) is 10.2. The summed E-state index contributed by atoms with van der Waals surface area (Å²) in [5.41, 5.74) is 6.28. The van der Waals surface area contributed by atoms with Crippen LogP contribution in [-0.2, 0) is 9.47 Å². The van der Waals surface area contributed by atoms with Gasteiger partial charge in [0.05, 0.1) is 13.2 Å². The summed E-state index contributed by atoms with van der Waals surface area (Å²) in [7, 11) is 1.64. The van der Waals surface area contributed by atoms with Crippen LogP contribution in [0.25, 0.3) is 0 Å². The lowest BCUT2D eigenvalue weighted by atomic mass is 10.0. The van der Waals surface area contributed by atoms with Crippen molar-refractivity contribution in [1.82, 2.24) is 5.32 Å². The van der Waals surface area contributed by atoms with Crippen LogP contribution in [0.4, 0.5) is 0 Å². The van der Waals surface area contributed by atoms with Gasteiger partial charge in [0.25, 0.3) is 5.91 Å². The molecule has 1 aliphatic heterocycles. The average Bonchev–Trinajstić information content (AvgIpc) is 3.00. The molecule has 1 aromatic carbocycles. The molecule has 0 bridgehead atoms. The normalized spacial score (nSPS) is 20.7. The van der Waals surface area contributed by atoms with E-state index in [1.165, 1.54) is 0 Å². The Kier molecular flexibility index (Phi) is 5.34. The van der Waals surface area contributed by atoms with Crippen molar-refractivity contribution < 1.29 is 14.3 Å². The third-order valence-electron chi connectivity index (χ3n) is 3.53. The predicted molar refractivity (Wildman–Crippen MR) is 79.9 cm³/mol. The van der Waals surface area contributed by atoms with Gasteiger partial charge in [-0.25, -0.2) is 0 Å². The summed E-state index contributed by atoms with van der Waals surface area (Å²) in [6.45, 7) is 1.90. The zero-order chi connectivity index (χ0) is 15.1. The molecule has 5 nitrogen and oxygen atoms in total. The first-order valence-corrected chi connectivity index (χ1v) is 6.89. The maximum Gasteiger partial charge on any atom is 0.251 e. The predicted octanol–water partition coefficient (Wildman–Crippen LogP) is 0.532. The molecule has 21 heavy (non-hydrogen) atoms. The van der Waals surface area contributed by atoms with E-state index in [-0.39, 0.29) is 5.91 Å². The molecule has 1 unspecified atom stereocenters. The molecule has 3 N–H and O–H groups in total. The number of hydrogen-bond acceptors (Lipinski definition) is 4. The first kappa shape index (κ1) is 15.5. The van der Waals surface area contributed by atoms with Crippen LogP contribution in [0.1, 0.15) is 22.3 Å². The Balaban J connectivity index is 2.00. The smallest absolute Gasteiger partial charge is 0.251 e. The highest BCUT2D eigenvalue weighted by Crippen LogP contribution is 2.21. The molecule has 0 saturated carbocycles. The van der Waals surface area contributed by atoms with Crippen LogP contribution in [0, 0.1) is 11.8 Å². The minimum Gasteiger partial charge on any atom is -0.378 e. The zero-order valence-electron chi connectivity index (χ0n) is 12.1. The van der Waals surface area contributed by atoms with Crippen molar-refractivity contribution in [1.29, 1.82) is 0 Å². The summed E-state index contributed by atoms with van der Waals surface area (Å²) in [5, 5.41) is 2.90. The second kappa shape index (κ2) is 7.23. The van der Waals surface area contributed by atoms with Crippen molar-refractivity contribution in [2.75, 3.05) is 33.4 Å². The molecular weight excluding hydrogens is 268 g/mol. The Labute approximate surface area is 124 Å².